The fourth-order valence-electron chi connectivity index (χ4n) is 2.53. The normalized spacial score (nSPS) is 14.7. The molecule has 25 heavy (non-hydrogen) atoms. The van der Waals surface area contributed by atoms with Crippen LogP contribution in [0.25, 0.3) is 6.08 Å². The topological polar surface area (TPSA) is 38.8 Å². The Morgan fingerprint density at radius 1 is 1.16 bits per heavy atom. The number of morpholine rings is 1. The van der Waals surface area contributed by atoms with E-state index in [0.29, 0.717) is 37.9 Å². The van der Waals surface area contributed by atoms with Crippen molar-refractivity contribution < 1.29 is 14.3 Å². The van der Waals surface area contributed by atoms with Crippen molar-refractivity contribution >= 4 is 23.6 Å². The summed E-state index contributed by atoms with van der Waals surface area (Å²) in [5.41, 5.74) is 1.98. The van der Waals surface area contributed by atoms with Crippen LogP contribution in [0.1, 0.15) is 11.1 Å². The highest BCUT2D eigenvalue weighted by Crippen LogP contribution is 2.17. The van der Waals surface area contributed by atoms with Gasteiger partial charge in [0.25, 0.3) is 0 Å². The van der Waals surface area contributed by atoms with Crippen molar-refractivity contribution in [2.45, 2.75) is 6.61 Å². The molecular formula is C20H20ClNO3. The van der Waals surface area contributed by atoms with Crippen molar-refractivity contribution in [3.8, 4) is 5.75 Å². The van der Waals surface area contributed by atoms with Gasteiger partial charge in [-0.1, -0.05) is 35.9 Å². The molecule has 0 radical (unpaired) electrons. The quantitative estimate of drug-likeness (QED) is 0.764. The number of ether oxygens (including phenoxy) is 2. The van der Waals surface area contributed by atoms with E-state index >= 15 is 0 Å². The second-order valence-electron chi connectivity index (χ2n) is 5.76. The molecule has 0 bridgehead atoms. The number of benzene rings is 2. The number of amides is 1. The molecule has 1 heterocycles. The first kappa shape index (κ1) is 17.5. The van der Waals surface area contributed by atoms with E-state index in [4.69, 9.17) is 21.1 Å². The Bertz CT molecular complexity index is 737. The van der Waals surface area contributed by atoms with Crippen molar-refractivity contribution in [2.24, 2.45) is 0 Å². The second kappa shape index (κ2) is 8.70. The Morgan fingerprint density at radius 3 is 2.64 bits per heavy atom. The molecular weight excluding hydrogens is 338 g/mol. The van der Waals surface area contributed by atoms with Crippen LogP contribution in [0.5, 0.6) is 5.75 Å². The molecule has 5 heteroatoms. The van der Waals surface area contributed by atoms with Crippen molar-refractivity contribution in [1.29, 1.82) is 0 Å². The van der Waals surface area contributed by atoms with Gasteiger partial charge in [0, 0.05) is 24.2 Å². The minimum Gasteiger partial charge on any atom is -0.489 e. The summed E-state index contributed by atoms with van der Waals surface area (Å²) in [6.07, 6.45) is 3.42. The van der Waals surface area contributed by atoms with Crippen molar-refractivity contribution in [1.82, 2.24) is 4.90 Å². The van der Waals surface area contributed by atoms with Crippen LogP contribution in [-0.4, -0.2) is 37.1 Å². The molecule has 4 nitrogen and oxygen atoms in total. The lowest BCUT2D eigenvalue weighted by atomic mass is 10.2. The third-order valence-electron chi connectivity index (χ3n) is 3.92. The molecule has 0 unspecified atom stereocenters. The summed E-state index contributed by atoms with van der Waals surface area (Å²) in [5.74, 6) is 0.793. The van der Waals surface area contributed by atoms with Crippen LogP contribution in [0, 0.1) is 0 Å². The molecule has 1 amide bonds. The largest absolute Gasteiger partial charge is 0.489 e. The number of carbonyl (C=O) groups is 1. The maximum absolute atomic E-state index is 12.1. The first-order valence-corrected chi connectivity index (χ1v) is 8.60. The second-order valence-corrected chi connectivity index (χ2v) is 6.20. The smallest absolute Gasteiger partial charge is 0.246 e. The Balaban J connectivity index is 1.53. The third-order valence-corrected chi connectivity index (χ3v) is 4.15. The van der Waals surface area contributed by atoms with Gasteiger partial charge in [0.1, 0.15) is 12.4 Å². The lowest BCUT2D eigenvalue weighted by Crippen LogP contribution is -2.39. The first-order chi connectivity index (χ1) is 12.2. The van der Waals surface area contributed by atoms with Crippen LogP contribution >= 0.6 is 11.6 Å². The number of hydrogen-bond acceptors (Lipinski definition) is 3. The number of halogens is 1. The third kappa shape index (κ3) is 5.34. The van der Waals surface area contributed by atoms with Crippen LogP contribution in [0.15, 0.2) is 54.6 Å². The highest BCUT2D eigenvalue weighted by atomic mass is 35.5. The van der Waals surface area contributed by atoms with Crippen molar-refractivity contribution in [3.63, 3.8) is 0 Å². The summed E-state index contributed by atoms with van der Waals surface area (Å²) in [4.78, 5) is 13.9. The van der Waals surface area contributed by atoms with Crippen LogP contribution in [0.3, 0.4) is 0 Å². The zero-order valence-corrected chi connectivity index (χ0v) is 14.6. The zero-order chi connectivity index (χ0) is 17.5. The molecule has 0 atom stereocenters. The van der Waals surface area contributed by atoms with E-state index < -0.39 is 0 Å². The lowest BCUT2D eigenvalue weighted by Gasteiger charge is -2.25. The molecule has 0 aromatic heterocycles. The van der Waals surface area contributed by atoms with Crippen LogP contribution < -0.4 is 4.74 Å². The molecule has 0 spiro atoms. The predicted molar refractivity (Wildman–Crippen MR) is 98.7 cm³/mol. The molecule has 1 aliphatic rings. The summed E-state index contributed by atoms with van der Waals surface area (Å²) >= 11 is 5.96. The van der Waals surface area contributed by atoms with Gasteiger partial charge >= 0.3 is 0 Å². The first-order valence-electron chi connectivity index (χ1n) is 8.23. The molecule has 0 aliphatic carbocycles. The van der Waals surface area contributed by atoms with E-state index in [9.17, 15) is 4.79 Å². The number of hydrogen-bond donors (Lipinski definition) is 0. The van der Waals surface area contributed by atoms with Crippen molar-refractivity contribution in [3.05, 3.63) is 70.8 Å². The Morgan fingerprint density at radius 2 is 1.92 bits per heavy atom. The summed E-state index contributed by atoms with van der Waals surface area (Å²) < 4.78 is 11.0. The molecule has 1 aliphatic heterocycles. The van der Waals surface area contributed by atoms with Gasteiger partial charge in [-0.15, -0.1) is 0 Å². The van der Waals surface area contributed by atoms with E-state index in [1.54, 1.807) is 11.0 Å². The molecule has 0 N–H and O–H groups in total. The van der Waals surface area contributed by atoms with Gasteiger partial charge in [-0.05, 0) is 41.5 Å². The highest BCUT2D eigenvalue weighted by molar-refractivity contribution is 6.30. The Labute approximate surface area is 152 Å². The minimum atomic E-state index is 0.0181. The number of nitrogens with zero attached hydrogens (tertiary/aromatic N) is 1. The molecule has 2 aromatic carbocycles. The SMILES string of the molecule is O=C(/C=C/c1ccc(OCc2cccc(Cl)c2)cc1)N1CCOCC1. The van der Waals surface area contributed by atoms with Gasteiger partial charge in [-0.2, -0.15) is 0 Å². The van der Waals surface area contributed by atoms with Gasteiger partial charge in [0.15, 0.2) is 0 Å². The summed E-state index contributed by atoms with van der Waals surface area (Å²) in [6.45, 7) is 2.99. The fraction of sp³-hybridized carbons (Fsp3) is 0.250. The zero-order valence-electron chi connectivity index (χ0n) is 13.9. The monoisotopic (exact) mass is 357 g/mol. The van der Waals surface area contributed by atoms with E-state index in [1.807, 2.05) is 54.6 Å². The van der Waals surface area contributed by atoms with E-state index in [1.165, 1.54) is 0 Å². The molecule has 0 saturated carbocycles. The minimum absolute atomic E-state index is 0.0181. The van der Waals surface area contributed by atoms with Gasteiger partial charge in [0.05, 0.1) is 13.2 Å². The van der Waals surface area contributed by atoms with E-state index in [-0.39, 0.29) is 5.91 Å². The van der Waals surface area contributed by atoms with E-state index in [0.717, 1.165) is 16.9 Å². The van der Waals surface area contributed by atoms with Crippen LogP contribution in [0.2, 0.25) is 5.02 Å². The number of rotatable bonds is 5. The van der Waals surface area contributed by atoms with Gasteiger partial charge in [-0.3, -0.25) is 4.79 Å². The Kier molecular flexibility index (Phi) is 6.09. The molecule has 2 aromatic rings. The number of carbonyl (C=O) groups excluding carboxylic acids is 1. The maximum atomic E-state index is 12.1. The average Bonchev–Trinajstić information content (AvgIpc) is 2.66. The maximum Gasteiger partial charge on any atom is 0.246 e. The summed E-state index contributed by atoms with van der Waals surface area (Å²) in [7, 11) is 0. The Hall–Kier alpha value is -2.30. The van der Waals surface area contributed by atoms with Gasteiger partial charge in [-0.25, -0.2) is 0 Å². The predicted octanol–water partition coefficient (Wildman–Crippen LogP) is 3.79. The van der Waals surface area contributed by atoms with Crippen LogP contribution in [-0.2, 0) is 16.1 Å². The van der Waals surface area contributed by atoms with Crippen molar-refractivity contribution in [2.75, 3.05) is 26.3 Å². The standard InChI is InChI=1S/C20H20ClNO3/c21-18-3-1-2-17(14-18)15-25-19-7-4-16(5-8-19)6-9-20(23)22-10-12-24-13-11-22/h1-9,14H,10-13,15H2/b9-6+. The molecule has 3 rings (SSSR count). The lowest BCUT2D eigenvalue weighted by molar-refractivity contribution is -0.129. The highest BCUT2D eigenvalue weighted by Gasteiger charge is 2.13. The summed E-state index contributed by atoms with van der Waals surface area (Å²) in [5, 5.41) is 0.700. The average molecular weight is 358 g/mol. The molecule has 1 saturated heterocycles. The fourth-order valence-corrected chi connectivity index (χ4v) is 2.74. The van der Waals surface area contributed by atoms with Gasteiger partial charge in [0.2, 0.25) is 5.91 Å². The summed E-state index contributed by atoms with van der Waals surface area (Å²) in [6, 6.07) is 15.2. The molecule has 130 valence electrons. The van der Waals surface area contributed by atoms with Crippen LogP contribution in [0.4, 0.5) is 0 Å². The van der Waals surface area contributed by atoms with Gasteiger partial charge < -0.3 is 14.4 Å². The van der Waals surface area contributed by atoms with E-state index in [2.05, 4.69) is 0 Å². The molecule has 1 fully saturated rings.